The molecular weight excluding hydrogens is 397 g/mol. The highest BCUT2D eigenvalue weighted by atomic mass is 19.4. The second kappa shape index (κ2) is 8.22. The molecule has 0 saturated heterocycles. The molecule has 1 N–H and O–H groups in total. The molecule has 0 radical (unpaired) electrons. The van der Waals surface area contributed by atoms with E-state index in [0.29, 0.717) is 17.9 Å². The molecule has 3 rings (SSSR count). The van der Waals surface area contributed by atoms with E-state index in [1.807, 2.05) is 19.9 Å². The Bertz CT molecular complexity index is 1000. The number of benzene rings is 1. The van der Waals surface area contributed by atoms with E-state index in [2.05, 4.69) is 10.4 Å². The van der Waals surface area contributed by atoms with Crippen LogP contribution in [0.2, 0.25) is 0 Å². The third-order valence-corrected chi connectivity index (χ3v) is 4.89. The molecule has 9 heteroatoms. The van der Waals surface area contributed by atoms with Crippen molar-refractivity contribution in [2.75, 3.05) is 6.61 Å². The molecule has 1 atom stereocenters. The topological polar surface area (TPSA) is 79.9 Å². The summed E-state index contributed by atoms with van der Waals surface area (Å²) < 4.78 is 43.5. The molecule has 1 aromatic carbocycles. The number of alkyl halides is 3. The number of nitrogens with one attached hydrogen (secondary N) is 1. The SMILES string of the molecule is Cc1cnn(C2=C(C#N)C(=O)NC(C)(c3ccc(OCCCC(F)(F)F)cc3)C2)c1. The summed E-state index contributed by atoms with van der Waals surface area (Å²) in [7, 11) is 0. The minimum atomic E-state index is -4.19. The van der Waals surface area contributed by atoms with Gasteiger partial charge in [0.1, 0.15) is 17.4 Å². The number of nitrogens with zero attached hydrogens (tertiary/aromatic N) is 3. The normalized spacial score (nSPS) is 19.4. The highest BCUT2D eigenvalue weighted by molar-refractivity contribution is 6.04. The molecule has 1 aromatic heterocycles. The van der Waals surface area contributed by atoms with E-state index in [1.54, 1.807) is 41.3 Å². The molecule has 2 aromatic rings. The number of rotatable bonds is 6. The van der Waals surface area contributed by atoms with Crippen LogP contribution in [0.1, 0.15) is 37.3 Å². The number of aromatic nitrogens is 2. The van der Waals surface area contributed by atoms with E-state index in [1.165, 1.54) is 0 Å². The highest BCUT2D eigenvalue weighted by Gasteiger charge is 2.38. The average molecular weight is 418 g/mol. The van der Waals surface area contributed by atoms with Gasteiger partial charge in [-0.3, -0.25) is 4.79 Å². The van der Waals surface area contributed by atoms with Crippen LogP contribution in [0.5, 0.6) is 5.75 Å². The van der Waals surface area contributed by atoms with Crippen LogP contribution in [0.4, 0.5) is 13.2 Å². The lowest BCUT2D eigenvalue weighted by Gasteiger charge is -2.36. The third-order valence-electron chi connectivity index (χ3n) is 4.89. The predicted molar refractivity (Wildman–Crippen MR) is 103 cm³/mol. The quantitative estimate of drug-likeness (QED) is 0.717. The first-order chi connectivity index (χ1) is 14.1. The Morgan fingerprint density at radius 3 is 2.60 bits per heavy atom. The number of amides is 1. The summed E-state index contributed by atoms with van der Waals surface area (Å²) in [6.45, 7) is 3.67. The lowest BCUT2D eigenvalue weighted by Crippen LogP contribution is -2.48. The van der Waals surface area contributed by atoms with Crippen molar-refractivity contribution in [3.8, 4) is 11.8 Å². The van der Waals surface area contributed by atoms with Gasteiger partial charge >= 0.3 is 6.18 Å². The summed E-state index contributed by atoms with van der Waals surface area (Å²) in [6, 6.07) is 8.77. The van der Waals surface area contributed by atoms with Gasteiger partial charge in [-0.05, 0) is 43.5 Å². The van der Waals surface area contributed by atoms with Crippen molar-refractivity contribution in [1.82, 2.24) is 15.1 Å². The average Bonchev–Trinajstić information content (AvgIpc) is 3.11. The first kappa shape index (κ1) is 21.4. The van der Waals surface area contributed by atoms with Crippen LogP contribution in [0, 0.1) is 18.3 Å². The molecule has 0 saturated carbocycles. The Labute approximate surface area is 171 Å². The molecular formula is C21H21F3N4O2. The van der Waals surface area contributed by atoms with Crippen LogP contribution < -0.4 is 10.1 Å². The zero-order chi connectivity index (χ0) is 21.9. The van der Waals surface area contributed by atoms with Crippen LogP contribution in [0.3, 0.4) is 0 Å². The van der Waals surface area contributed by atoms with Crippen LogP contribution in [0.15, 0.2) is 42.2 Å². The minimum absolute atomic E-state index is 0.0141. The minimum Gasteiger partial charge on any atom is -0.494 e. The van der Waals surface area contributed by atoms with Crippen molar-refractivity contribution < 1.29 is 22.7 Å². The van der Waals surface area contributed by atoms with Crippen molar-refractivity contribution in [3.05, 3.63) is 53.4 Å². The lowest BCUT2D eigenvalue weighted by atomic mass is 9.83. The zero-order valence-electron chi connectivity index (χ0n) is 16.6. The van der Waals surface area contributed by atoms with Crippen molar-refractivity contribution in [2.45, 2.75) is 44.8 Å². The smallest absolute Gasteiger partial charge is 0.389 e. The van der Waals surface area contributed by atoms with Gasteiger partial charge in [0.25, 0.3) is 5.91 Å². The van der Waals surface area contributed by atoms with Gasteiger partial charge in [-0.1, -0.05) is 12.1 Å². The summed E-state index contributed by atoms with van der Waals surface area (Å²) in [5.74, 6) is -0.0373. The maximum absolute atomic E-state index is 12.6. The van der Waals surface area contributed by atoms with Gasteiger partial charge in [0.05, 0.1) is 24.0 Å². The van der Waals surface area contributed by atoms with Crippen LogP contribution in [-0.2, 0) is 10.3 Å². The number of carbonyl (C=O) groups excluding carboxylic acids is 1. The van der Waals surface area contributed by atoms with Crippen molar-refractivity contribution in [3.63, 3.8) is 0 Å². The summed E-state index contributed by atoms with van der Waals surface area (Å²) in [5, 5.41) is 16.5. The molecule has 1 aliphatic heterocycles. The number of nitriles is 1. The van der Waals surface area contributed by atoms with Gasteiger partial charge in [0, 0.05) is 19.0 Å². The number of hydrogen-bond acceptors (Lipinski definition) is 4. The van der Waals surface area contributed by atoms with Gasteiger partial charge < -0.3 is 10.1 Å². The largest absolute Gasteiger partial charge is 0.494 e. The van der Waals surface area contributed by atoms with Crippen LogP contribution in [0.25, 0.3) is 5.70 Å². The predicted octanol–water partition coefficient (Wildman–Crippen LogP) is 4.08. The summed E-state index contributed by atoms with van der Waals surface area (Å²) in [6.07, 6.45) is -1.46. The van der Waals surface area contributed by atoms with Crippen molar-refractivity contribution >= 4 is 11.6 Å². The van der Waals surface area contributed by atoms with Crippen LogP contribution >= 0.6 is 0 Å². The maximum atomic E-state index is 12.6. The monoisotopic (exact) mass is 418 g/mol. The third kappa shape index (κ3) is 4.82. The highest BCUT2D eigenvalue weighted by Crippen LogP contribution is 2.36. The fourth-order valence-electron chi connectivity index (χ4n) is 3.34. The van der Waals surface area contributed by atoms with Crippen molar-refractivity contribution in [2.24, 2.45) is 0 Å². The summed E-state index contributed by atoms with van der Waals surface area (Å²) >= 11 is 0. The Morgan fingerprint density at radius 2 is 2.03 bits per heavy atom. The number of carbonyl (C=O) groups is 1. The molecule has 158 valence electrons. The van der Waals surface area contributed by atoms with Gasteiger partial charge in [0.2, 0.25) is 0 Å². The molecule has 1 unspecified atom stereocenters. The molecule has 0 aliphatic carbocycles. The molecule has 1 amide bonds. The fourth-order valence-corrected chi connectivity index (χ4v) is 3.34. The first-order valence-corrected chi connectivity index (χ1v) is 9.39. The molecule has 30 heavy (non-hydrogen) atoms. The van der Waals surface area contributed by atoms with E-state index < -0.39 is 24.0 Å². The maximum Gasteiger partial charge on any atom is 0.389 e. The molecule has 0 bridgehead atoms. The van der Waals surface area contributed by atoms with E-state index in [9.17, 15) is 23.2 Å². The summed E-state index contributed by atoms with van der Waals surface area (Å²) in [4.78, 5) is 12.6. The molecule has 0 fully saturated rings. The molecule has 2 heterocycles. The van der Waals surface area contributed by atoms with Gasteiger partial charge in [-0.2, -0.15) is 23.5 Å². The van der Waals surface area contributed by atoms with Gasteiger partial charge in [-0.25, -0.2) is 4.68 Å². The Morgan fingerprint density at radius 1 is 1.33 bits per heavy atom. The van der Waals surface area contributed by atoms with Gasteiger partial charge in [0.15, 0.2) is 0 Å². The molecule has 1 aliphatic rings. The van der Waals surface area contributed by atoms with E-state index in [-0.39, 0.29) is 18.6 Å². The Kier molecular flexibility index (Phi) is 5.87. The first-order valence-electron chi connectivity index (χ1n) is 9.39. The van der Waals surface area contributed by atoms with Gasteiger partial charge in [-0.15, -0.1) is 0 Å². The second-order valence-electron chi connectivity index (χ2n) is 7.45. The number of hydrogen-bond donors (Lipinski definition) is 1. The molecule has 0 spiro atoms. The van der Waals surface area contributed by atoms with Crippen LogP contribution in [-0.4, -0.2) is 28.5 Å². The Balaban J connectivity index is 1.76. The van der Waals surface area contributed by atoms with E-state index in [4.69, 9.17) is 4.74 Å². The zero-order valence-corrected chi connectivity index (χ0v) is 16.6. The lowest BCUT2D eigenvalue weighted by molar-refractivity contribution is -0.136. The standard InChI is InChI=1S/C21H21F3N4O2/c1-14-12-26-28(13-14)18-10-20(2,27-19(29)17(18)11-25)15-4-6-16(7-5-15)30-9-3-8-21(22,23)24/h4-7,12-13H,3,8-10H2,1-2H3,(H,27,29). The number of aryl methyl sites for hydroxylation is 1. The fraction of sp³-hybridized carbons (Fsp3) is 0.381. The van der Waals surface area contributed by atoms with Crippen molar-refractivity contribution in [1.29, 1.82) is 5.26 Å². The summed E-state index contributed by atoms with van der Waals surface area (Å²) in [5.41, 5.74) is 1.41. The van der Waals surface area contributed by atoms with E-state index >= 15 is 0 Å². The Hall–Kier alpha value is -3.28. The second-order valence-corrected chi connectivity index (χ2v) is 7.45. The number of halogens is 3. The molecule has 6 nitrogen and oxygen atoms in total. The number of ether oxygens (including phenoxy) is 1. The van der Waals surface area contributed by atoms with E-state index in [0.717, 1.165) is 11.1 Å².